The Morgan fingerprint density at radius 3 is 2.83 bits per heavy atom. The molecule has 0 fully saturated rings. The third kappa shape index (κ3) is 3.24. The number of carbonyl (C=O) groups is 1. The van der Waals surface area contributed by atoms with Gasteiger partial charge in [0.25, 0.3) is 0 Å². The van der Waals surface area contributed by atoms with E-state index in [1.165, 1.54) is 6.92 Å². The number of anilines is 1. The Balaban J connectivity index is 3.27. The first kappa shape index (κ1) is 13.6. The van der Waals surface area contributed by atoms with Gasteiger partial charge >= 0.3 is 11.2 Å². The minimum Gasteiger partial charge on any atom is -0.296 e. The predicted molar refractivity (Wildman–Crippen MR) is 64.3 cm³/mol. The summed E-state index contributed by atoms with van der Waals surface area (Å²) in [6, 6.07) is 0. The summed E-state index contributed by atoms with van der Waals surface area (Å²) in [6.07, 6.45) is 2.21. The van der Waals surface area contributed by atoms with E-state index in [-0.39, 0.29) is 18.1 Å². The van der Waals surface area contributed by atoms with Gasteiger partial charge in [0.2, 0.25) is 11.9 Å². The van der Waals surface area contributed by atoms with Crippen LogP contribution in [-0.2, 0) is 11.2 Å². The lowest BCUT2D eigenvalue weighted by Crippen LogP contribution is -2.20. The van der Waals surface area contributed by atoms with Crippen LogP contribution in [0.1, 0.15) is 19.0 Å². The first-order chi connectivity index (χ1) is 8.45. The van der Waals surface area contributed by atoms with E-state index in [0.717, 1.165) is 0 Å². The largest absolute Gasteiger partial charge is 0.355 e. The molecule has 0 bridgehead atoms. The Labute approximate surface area is 102 Å². The summed E-state index contributed by atoms with van der Waals surface area (Å²) in [7, 11) is 0. The molecule has 0 unspecified atom stereocenters. The van der Waals surface area contributed by atoms with E-state index in [2.05, 4.69) is 21.9 Å². The van der Waals surface area contributed by atoms with Crippen LogP contribution in [0.2, 0.25) is 0 Å². The Morgan fingerprint density at radius 1 is 1.67 bits per heavy atom. The highest BCUT2D eigenvalue weighted by atomic mass is 16.6. The van der Waals surface area contributed by atoms with Gasteiger partial charge in [-0.05, 0) is 6.42 Å². The monoisotopic (exact) mass is 252 g/mol. The van der Waals surface area contributed by atoms with Gasteiger partial charge in [-0.1, -0.05) is 6.08 Å². The second-order valence-corrected chi connectivity index (χ2v) is 3.48. The van der Waals surface area contributed by atoms with Crippen LogP contribution in [0.3, 0.4) is 0 Å². The third-order valence-electron chi connectivity index (χ3n) is 2.03. The molecule has 0 aliphatic rings. The van der Waals surface area contributed by atoms with Gasteiger partial charge in [-0.15, -0.1) is 6.58 Å². The lowest BCUT2D eigenvalue weighted by Gasteiger charge is -2.04. The minimum absolute atomic E-state index is 0.0207. The molecule has 0 spiro atoms. The van der Waals surface area contributed by atoms with Crippen LogP contribution in [0, 0.1) is 10.1 Å². The van der Waals surface area contributed by atoms with Crippen molar-refractivity contribution in [3.63, 3.8) is 0 Å². The molecule has 18 heavy (non-hydrogen) atoms. The fourth-order valence-electron chi connectivity index (χ4n) is 1.34. The second-order valence-electron chi connectivity index (χ2n) is 3.48. The van der Waals surface area contributed by atoms with Crippen molar-refractivity contribution in [2.75, 3.05) is 5.32 Å². The number of aryl methyl sites for hydroxylation is 1. The maximum absolute atomic E-state index is 11.5. The quantitative estimate of drug-likeness (QED) is 0.455. The number of nitrogens with zero attached hydrogens (tertiary/aromatic N) is 2. The van der Waals surface area contributed by atoms with Gasteiger partial charge in [0.15, 0.2) is 0 Å². The van der Waals surface area contributed by atoms with Gasteiger partial charge in [0, 0.05) is 13.3 Å². The second kappa shape index (κ2) is 5.71. The molecular weight excluding hydrogens is 240 g/mol. The molecule has 0 saturated heterocycles. The molecule has 0 aliphatic heterocycles. The molecule has 0 aromatic carbocycles. The molecule has 8 nitrogen and oxygen atoms in total. The fourth-order valence-corrected chi connectivity index (χ4v) is 1.34. The maximum atomic E-state index is 11.5. The van der Waals surface area contributed by atoms with Gasteiger partial charge in [0.05, 0.1) is 4.92 Å². The molecule has 8 heteroatoms. The Bertz CT molecular complexity index is 549. The highest BCUT2D eigenvalue weighted by Crippen LogP contribution is 2.14. The molecule has 0 atom stereocenters. The summed E-state index contributed by atoms with van der Waals surface area (Å²) in [6.45, 7) is 4.73. The van der Waals surface area contributed by atoms with Gasteiger partial charge in [-0.25, -0.2) is 4.98 Å². The predicted octanol–water partition coefficient (Wildman–Crippen LogP) is 0.755. The highest BCUT2D eigenvalue weighted by molar-refractivity contribution is 5.86. The summed E-state index contributed by atoms with van der Waals surface area (Å²) in [5, 5.41) is 13.0. The lowest BCUT2D eigenvalue weighted by molar-refractivity contribution is -0.387. The van der Waals surface area contributed by atoms with Crippen molar-refractivity contribution in [3.05, 3.63) is 38.8 Å². The van der Waals surface area contributed by atoms with E-state index < -0.39 is 22.1 Å². The molecule has 1 aromatic rings. The number of hydrogen-bond donors (Lipinski definition) is 2. The first-order valence-corrected chi connectivity index (χ1v) is 5.11. The van der Waals surface area contributed by atoms with Crippen LogP contribution < -0.4 is 10.9 Å². The third-order valence-corrected chi connectivity index (χ3v) is 2.03. The van der Waals surface area contributed by atoms with Crippen LogP contribution in [0.4, 0.5) is 11.6 Å². The standard InChI is InChI=1S/C10H12N4O4/c1-3-4-5-7-8(14(17)18)9(16)13-10(12-7)11-6(2)15/h3H,1,4-5H2,2H3,(H2,11,12,13,15,16). The zero-order valence-electron chi connectivity index (χ0n) is 9.73. The minimum atomic E-state index is -0.891. The summed E-state index contributed by atoms with van der Waals surface area (Å²) < 4.78 is 0. The number of allylic oxidation sites excluding steroid dienone is 1. The van der Waals surface area contributed by atoms with Crippen molar-refractivity contribution < 1.29 is 9.72 Å². The van der Waals surface area contributed by atoms with E-state index in [9.17, 15) is 19.7 Å². The van der Waals surface area contributed by atoms with E-state index in [0.29, 0.717) is 6.42 Å². The number of amides is 1. The van der Waals surface area contributed by atoms with Crippen LogP contribution in [0.5, 0.6) is 0 Å². The molecular formula is C10H12N4O4. The smallest absolute Gasteiger partial charge is 0.296 e. The summed E-state index contributed by atoms with van der Waals surface area (Å²) in [4.78, 5) is 38.4. The maximum Gasteiger partial charge on any atom is 0.355 e. The average Bonchev–Trinajstić information content (AvgIpc) is 2.23. The fraction of sp³-hybridized carbons (Fsp3) is 0.300. The summed E-state index contributed by atoms with van der Waals surface area (Å²) in [5.41, 5.74) is -1.48. The highest BCUT2D eigenvalue weighted by Gasteiger charge is 2.21. The SMILES string of the molecule is C=CCCc1nc(NC(C)=O)[nH]c(=O)c1[N+](=O)[O-]. The lowest BCUT2D eigenvalue weighted by atomic mass is 10.2. The van der Waals surface area contributed by atoms with Gasteiger partial charge < -0.3 is 0 Å². The normalized spacial score (nSPS) is 9.83. The van der Waals surface area contributed by atoms with E-state index in [4.69, 9.17) is 0 Å². The first-order valence-electron chi connectivity index (χ1n) is 5.11. The van der Waals surface area contributed by atoms with Gasteiger partial charge in [0.1, 0.15) is 5.69 Å². The number of aromatic nitrogens is 2. The van der Waals surface area contributed by atoms with Crippen LogP contribution in [-0.4, -0.2) is 20.8 Å². The zero-order chi connectivity index (χ0) is 13.7. The number of H-pyrrole nitrogens is 1. The van der Waals surface area contributed by atoms with E-state index >= 15 is 0 Å². The van der Waals surface area contributed by atoms with Crippen LogP contribution in [0.25, 0.3) is 0 Å². The Morgan fingerprint density at radius 2 is 2.33 bits per heavy atom. The van der Waals surface area contributed by atoms with Crippen molar-refractivity contribution >= 4 is 17.5 Å². The molecule has 1 aromatic heterocycles. The number of aromatic amines is 1. The topological polar surface area (TPSA) is 118 Å². The Hall–Kier alpha value is -2.51. The van der Waals surface area contributed by atoms with Crippen LogP contribution in [0.15, 0.2) is 17.4 Å². The molecule has 0 radical (unpaired) electrons. The molecule has 1 heterocycles. The molecule has 1 amide bonds. The molecule has 0 saturated carbocycles. The zero-order valence-corrected chi connectivity index (χ0v) is 9.73. The number of nitro groups is 1. The summed E-state index contributed by atoms with van der Waals surface area (Å²) >= 11 is 0. The molecule has 0 aliphatic carbocycles. The van der Waals surface area contributed by atoms with Crippen LogP contribution >= 0.6 is 0 Å². The Kier molecular flexibility index (Phi) is 4.30. The van der Waals surface area contributed by atoms with Crippen molar-refractivity contribution in [1.29, 1.82) is 0 Å². The number of carbonyl (C=O) groups excluding carboxylic acids is 1. The van der Waals surface area contributed by atoms with Gasteiger partial charge in [-0.3, -0.25) is 30.0 Å². The molecule has 1 rings (SSSR count). The van der Waals surface area contributed by atoms with Crippen molar-refractivity contribution in [1.82, 2.24) is 9.97 Å². The molecule has 2 N–H and O–H groups in total. The number of hydrogen-bond acceptors (Lipinski definition) is 5. The van der Waals surface area contributed by atoms with E-state index in [1.807, 2.05) is 0 Å². The van der Waals surface area contributed by atoms with Crippen molar-refractivity contribution in [2.45, 2.75) is 19.8 Å². The van der Waals surface area contributed by atoms with Crippen molar-refractivity contribution in [2.24, 2.45) is 0 Å². The average molecular weight is 252 g/mol. The van der Waals surface area contributed by atoms with E-state index in [1.54, 1.807) is 6.08 Å². The number of rotatable bonds is 5. The van der Waals surface area contributed by atoms with Gasteiger partial charge in [-0.2, -0.15) is 0 Å². The van der Waals surface area contributed by atoms with Crippen molar-refractivity contribution in [3.8, 4) is 0 Å². The summed E-state index contributed by atoms with van der Waals surface area (Å²) in [5.74, 6) is -0.529. The number of nitrogens with one attached hydrogen (secondary N) is 2. The molecule has 96 valence electrons.